The number of aromatic hydroxyl groups is 1. The molecule has 1 aromatic heterocycles. The number of rotatable bonds is 4. The van der Waals surface area contributed by atoms with Gasteiger partial charge in [-0.1, -0.05) is 12.1 Å². The number of hydrogen-bond donors (Lipinski definition) is 2. The van der Waals surface area contributed by atoms with Gasteiger partial charge in [0.2, 0.25) is 0 Å². The molecule has 0 fully saturated rings. The van der Waals surface area contributed by atoms with Crippen LogP contribution in [0.15, 0.2) is 54.9 Å². The first-order chi connectivity index (χ1) is 10.3. The Hall–Kier alpha value is -2.75. The van der Waals surface area contributed by atoms with Crippen LogP contribution in [0.4, 0.5) is 5.69 Å². The van der Waals surface area contributed by atoms with Crippen molar-refractivity contribution in [3.63, 3.8) is 0 Å². The fourth-order valence-corrected chi connectivity index (χ4v) is 2.29. The van der Waals surface area contributed by atoms with Crippen LogP contribution in [0.2, 0.25) is 0 Å². The topological polar surface area (TPSA) is 54.4 Å². The monoisotopic (exact) mass is 280 g/mol. The highest BCUT2D eigenvalue weighted by molar-refractivity contribution is 5.93. The number of fused-ring (bicyclic) bond motifs is 1. The number of nitrogens with zero attached hydrogens (tertiary/aromatic N) is 1. The second-order valence-electron chi connectivity index (χ2n) is 4.75. The second-order valence-corrected chi connectivity index (χ2v) is 4.75. The quantitative estimate of drug-likeness (QED) is 0.767. The van der Waals surface area contributed by atoms with Gasteiger partial charge in [0, 0.05) is 35.6 Å². The average Bonchev–Trinajstić information content (AvgIpc) is 2.54. The van der Waals surface area contributed by atoms with E-state index in [9.17, 15) is 5.11 Å². The molecule has 0 spiro atoms. The fraction of sp³-hybridized carbons (Fsp3) is 0.118. The predicted octanol–water partition coefficient (Wildman–Crippen LogP) is 3.56. The molecule has 0 atom stereocenters. The lowest BCUT2D eigenvalue weighted by molar-refractivity contribution is 0.411. The average molecular weight is 280 g/mol. The van der Waals surface area contributed by atoms with Gasteiger partial charge in [0.1, 0.15) is 11.5 Å². The third-order valence-corrected chi connectivity index (χ3v) is 3.44. The minimum Gasteiger partial charge on any atom is -0.508 e. The van der Waals surface area contributed by atoms with Crippen LogP contribution in [-0.2, 0) is 6.54 Å². The van der Waals surface area contributed by atoms with Crippen LogP contribution in [0, 0.1) is 0 Å². The molecule has 3 aromatic rings. The molecule has 0 aliphatic rings. The van der Waals surface area contributed by atoms with Crippen LogP contribution < -0.4 is 10.1 Å². The van der Waals surface area contributed by atoms with E-state index in [1.165, 1.54) is 0 Å². The van der Waals surface area contributed by atoms with Gasteiger partial charge in [-0.2, -0.15) is 0 Å². The lowest BCUT2D eigenvalue weighted by Crippen LogP contribution is -2.01. The molecule has 4 nitrogen and oxygen atoms in total. The first-order valence-corrected chi connectivity index (χ1v) is 6.70. The third-order valence-electron chi connectivity index (χ3n) is 3.44. The van der Waals surface area contributed by atoms with Gasteiger partial charge >= 0.3 is 0 Å². The summed E-state index contributed by atoms with van der Waals surface area (Å²) < 4.78 is 5.18. The molecule has 0 saturated carbocycles. The highest BCUT2D eigenvalue weighted by Crippen LogP contribution is 2.26. The molecular weight excluding hydrogens is 264 g/mol. The predicted molar refractivity (Wildman–Crippen MR) is 83.7 cm³/mol. The molecule has 4 heteroatoms. The zero-order chi connectivity index (χ0) is 14.7. The van der Waals surface area contributed by atoms with Gasteiger partial charge in [-0.3, -0.25) is 4.98 Å². The van der Waals surface area contributed by atoms with Crippen molar-refractivity contribution in [2.45, 2.75) is 6.54 Å². The molecule has 106 valence electrons. The molecule has 0 radical (unpaired) electrons. The molecule has 0 amide bonds. The molecule has 2 N–H and O–H groups in total. The zero-order valence-corrected chi connectivity index (χ0v) is 11.7. The molecule has 0 unspecified atom stereocenters. The summed E-state index contributed by atoms with van der Waals surface area (Å²) in [5.41, 5.74) is 1.78. The van der Waals surface area contributed by atoms with E-state index in [0.29, 0.717) is 6.54 Å². The number of hydrogen-bond acceptors (Lipinski definition) is 4. The van der Waals surface area contributed by atoms with Crippen molar-refractivity contribution in [3.05, 3.63) is 60.4 Å². The Bertz CT molecular complexity index is 766. The van der Waals surface area contributed by atoms with Crippen molar-refractivity contribution >= 4 is 16.5 Å². The number of phenolic OH excluding ortho intramolecular Hbond substituents is 1. The van der Waals surface area contributed by atoms with Crippen molar-refractivity contribution in [2.24, 2.45) is 0 Å². The molecule has 21 heavy (non-hydrogen) atoms. The summed E-state index contributed by atoms with van der Waals surface area (Å²) in [7, 11) is 1.61. The van der Waals surface area contributed by atoms with Crippen LogP contribution >= 0.6 is 0 Å². The zero-order valence-electron chi connectivity index (χ0n) is 11.7. The Labute approximate surface area is 123 Å². The molecule has 0 aliphatic heterocycles. The molecule has 0 aliphatic carbocycles. The number of aromatic nitrogens is 1. The Morgan fingerprint density at radius 3 is 2.95 bits per heavy atom. The van der Waals surface area contributed by atoms with E-state index in [2.05, 4.69) is 10.3 Å². The van der Waals surface area contributed by atoms with E-state index in [-0.39, 0.29) is 5.75 Å². The van der Waals surface area contributed by atoms with E-state index >= 15 is 0 Å². The van der Waals surface area contributed by atoms with Crippen LogP contribution in [-0.4, -0.2) is 17.2 Å². The van der Waals surface area contributed by atoms with Crippen molar-refractivity contribution in [1.82, 2.24) is 4.98 Å². The summed E-state index contributed by atoms with van der Waals surface area (Å²) >= 11 is 0. The summed E-state index contributed by atoms with van der Waals surface area (Å²) in [5, 5.41) is 15.4. The number of ether oxygens (including phenoxy) is 1. The lowest BCUT2D eigenvalue weighted by atomic mass is 10.1. The summed E-state index contributed by atoms with van der Waals surface area (Å²) in [6.07, 6.45) is 3.61. The maximum Gasteiger partial charge on any atom is 0.120 e. The van der Waals surface area contributed by atoms with Gasteiger partial charge in [0.15, 0.2) is 0 Å². The Morgan fingerprint density at radius 1 is 1.19 bits per heavy atom. The first kappa shape index (κ1) is 13.2. The summed E-state index contributed by atoms with van der Waals surface area (Å²) in [6.45, 7) is 0.511. The minimum atomic E-state index is 0.252. The van der Waals surface area contributed by atoms with Crippen molar-refractivity contribution in [3.8, 4) is 11.5 Å². The van der Waals surface area contributed by atoms with E-state index in [0.717, 1.165) is 27.8 Å². The second kappa shape index (κ2) is 5.71. The van der Waals surface area contributed by atoms with Crippen molar-refractivity contribution in [2.75, 3.05) is 12.4 Å². The number of benzene rings is 2. The minimum absolute atomic E-state index is 0.252. The number of pyridine rings is 1. The first-order valence-electron chi connectivity index (χ1n) is 6.70. The Morgan fingerprint density at radius 2 is 2.10 bits per heavy atom. The van der Waals surface area contributed by atoms with E-state index < -0.39 is 0 Å². The number of nitrogens with one attached hydrogen (secondary N) is 1. The van der Waals surface area contributed by atoms with Crippen LogP contribution in [0.1, 0.15) is 5.56 Å². The van der Waals surface area contributed by atoms with E-state index in [1.54, 1.807) is 25.4 Å². The SMILES string of the molecule is COc1ccc(O)c(CNc2cccc3ccncc23)c1. The number of anilines is 1. The third kappa shape index (κ3) is 2.74. The molecule has 1 heterocycles. The fourth-order valence-electron chi connectivity index (χ4n) is 2.29. The van der Waals surface area contributed by atoms with Crippen LogP contribution in [0.25, 0.3) is 10.8 Å². The van der Waals surface area contributed by atoms with E-state index in [4.69, 9.17) is 4.74 Å². The highest BCUT2D eigenvalue weighted by atomic mass is 16.5. The number of phenols is 1. The van der Waals surface area contributed by atoms with Gasteiger partial charge in [-0.05, 0) is 35.7 Å². The smallest absolute Gasteiger partial charge is 0.120 e. The van der Waals surface area contributed by atoms with E-state index in [1.807, 2.05) is 36.5 Å². The van der Waals surface area contributed by atoms with Gasteiger partial charge in [0.05, 0.1) is 7.11 Å². The van der Waals surface area contributed by atoms with Crippen LogP contribution in [0.3, 0.4) is 0 Å². The normalized spacial score (nSPS) is 10.5. The maximum absolute atomic E-state index is 9.91. The van der Waals surface area contributed by atoms with Crippen LogP contribution in [0.5, 0.6) is 11.5 Å². The molecule has 0 saturated heterocycles. The lowest BCUT2D eigenvalue weighted by Gasteiger charge is -2.11. The van der Waals surface area contributed by atoms with Gasteiger partial charge in [0.25, 0.3) is 0 Å². The van der Waals surface area contributed by atoms with Gasteiger partial charge < -0.3 is 15.2 Å². The molecule has 0 bridgehead atoms. The molecule has 3 rings (SSSR count). The van der Waals surface area contributed by atoms with Gasteiger partial charge in [-0.25, -0.2) is 0 Å². The maximum atomic E-state index is 9.91. The Balaban J connectivity index is 1.87. The standard InChI is InChI=1S/C17H16N2O2/c1-21-14-5-6-17(20)13(9-14)10-19-16-4-2-3-12-7-8-18-11-15(12)16/h2-9,11,19-20H,10H2,1H3. The van der Waals surface area contributed by atoms with Crippen molar-refractivity contribution in [1.29, 1.82) is 0 Å². The largest absolute Gasteiger partial charge is 0.508 e. The summed E-state index contributed by atoms with van der Waals surface area (Å²) in [5.74, 6) is 0.978. The summed E-state index contributed by atoms with van der Waals surface area (Å²) in [6, 6.07) is 13.2. The number of methoxy groups -OCH3 is 1. The molecule has 2 aromatic carbocycles. The summed E-state index contributed by atoms with van der Waals surface area (Å²) in [4.78, 5) is 4.16. The Kier molecular flexibility index (Phi) is 3.60. The van der Waals surface area contributed by atoms with Gasteiger partial charge in [-0.15, -0.1) is 0 Å². The highest BCUT2D eigenvalue weighted by Gasteiger charge is 2.05. The molecular formula is C17H16N2O2. The van der Waals surface area contributed by atoms with Crippen molar-refractivity contribution < 1.29 is 9.84 Å².